The molecular formula is C19H26N2O4. The number of rotatable bonds is 4. The van der Waals surface area contributed by atoms with Crippen LogP contribution in [0.2, 0.25) is 0 Å². The van der Waals surface area contributed by atoms with Gasteiger partial charge in [0.15, 0.2) is 5.79 Å². The van der Waals surface area contributed by atoms with Crippen LogP contribution in [-0.2, 0) is 25.6 Å². The van der Waals surface area contributed by atoms with Crippen LogP contribution in [0, 0.1) is 6.92 Å². The lowest BCUT2D eigenvalue weighted by molar-refractivity contribution is -0.186. The van der Waals surface area contributed by atoms with E-state index >= 15 is 0 Å². The molecule has 2 N–H and O–H groups in total. The van der Waals surface area contributed by atoms with Crippen LogP contribution in [0.3, 0.4) is 0 Å². The molecule has 6 nitrogen and oxygen atoms in total. The van der Waals surface area contributed by atoms with Crippen molar-refractivity contribution in [3.8, 4) is 0 Å². The molecule has 0 bridgehead atoms. The van der Waals surface area contributed by atoms with Crippen molar-refractivity contribution in [3.05, 3.63) is 35.4 Å². The third-order valence-corrected chi connectivity index (χ3v) is 4.80. The zero-order chi connectivity index (χ0) is 17.7. The van der Waals surface area contributed by atoms with E-state index in [1.165, 1.54) is 6.42 Å². The number of hydrogen-bond donors (Lipinski definition) is 2. The predicted octanol–water partition coefficient (Wildman–Crippen LogP) is 1.80. The second kappa shape index (κ2) is 7.97. The summed E-state index contributed by atoms with van der Waals surface area (Å²) in [5.41, 5.74) is 2.11. The van der Waals surface area contributed by atoms with Crippen molar-refractivity contribution in [2.45, 2.75) is 57.5 Å². The maximum absolute atomic E-state index is 11.9. The van der Waals surface area contributed by atoms with Gasteiger partial charge in [-0.1, -0.05) is 36.2 Å². The van der Waals surface area contributed by atoms with E-state index in [1.54, 1.807) is 0 Å². The van der Waals surface area contributed by atoms with E-state index in [0.717, 1.165) is 36.8 Å². The summed E-state index contributed by atoms with van der Waals surface area (Å²) < 4.78 is 11.8. The van der Waals surface area contributed by atoms with E-state index in [2.05, 4.69) is 10.6 Å². The Kier molecular flexibility index (Phi) is 5.71. The number of carbonyl (C=O) groups excluding carboxylic acids is 2. The molecule has 2 aliphatic rings. The monoisotopic (exact) mass is 346 g/mol. The second-order valence-electron chi connectivity index (χ2n) is 6.90. The third kappa shape index (κ3) is 4.80. The van der Waals surface area contributed by atoms with Crippen LogP contribution in [0.25, 0.3) is 0 Å². The molecule has 2 fully saturated rings. The quantitative estimate of drug-likeness (QED) is 0.815. The number of carbonyl (C=O) groups is 2. The van der Waals surface area contributed by atoms with E-state index in [9.17, 15) is 9.59 Å². The summed E-state index contributed by atoms with van der Waals surface area (Å²) in [6.45, 7) is 3.09. The van der Waals surface area contributed by atoms with Crippen LogP contribution in [0.1, 0.15) is 43.2 Å². The lowest BCUT2D eigenvalue weighted by Crippen LogP contribution is -2.43. The first-order valence-electron chi connectivity index (χ1n) is 9.00. The highest BCUT2D eigenvalue weighted by Gasteiger charge is 2.42. The van der Waals surface area contributed by atoms with Crippen LogP contribution in [0.15, 0.2) is 24.3 Å². The number of aryl methyl sites for hydroxylation is 1. The van der Waals surface area contributed by atoms with Gasteiger partial charge in [0.25, 0.3) is 0 Å². The molecule has 6 heteroatoms. The van der Waals surface area contributed by atoms with Gasteiger partial charge in [0.2, 0.25) is 0 Å². The molecule has 3 rings (SSSR count). The summed E-state index contributed by atoms with van der Waals surface area (Å²) in [7, 11) is 0. The molecule has 1 unspecified atom stereocenters. The molecular weight excluding hydrogens is 320 g/mol. The predicted molar refractivity (Wildman–Crippen MR) is 92.7 cm³/mol. The van der Waals surface area contributed by atoms with Gasteiger partial charge < -0.3 is 20.1 Å². The van der Waals surface area contributed by atoms with Gasteiger partial charge in [0, 0.05) is 25.9 Å². The maximum Gasteiger partial charge on any atom is 0.309 e. The number of benzene rings is 1. The van der Waals surface area contributed by atoms with Gasteiger partial charge in [-0.15, -0.1) is 0 Å². The minimum Gasteiger partial charge on any atom is -0.347 e. The molecule has 2 amide bonds. The van der Waals surface area contributed by atoms with Gasteiger partial charge in [-0.2, -0.15) is 0 Å². The van der Waals surface area contributed by atoms with Crippen molar-refractivity contribution in [3.63, 3.8) is 0 Å². The SMILES string of the molecule is Cc1ccc(CNC(=O)C(=O)NCC2COC3(CCCCC3)O2)cc1. The largest absolute Gasteiger partial charge is 0.347 e. The zero-order valence-corrected chi connectivity index (χ0v) is 14.7. The fraction of sp³-hybridized carbons (Fsp3) is 0.579. The highest BCUT2D eigenvalue weighted by atomic mass is 16.7. The minimum atomic E-state index is -0.639. The average Bonchev–Trinajstić information content (AvgIpc) is 3.02. The van der Waals surface area contributed by atoms with Gasteiger partial charge in [-0.05, 0) is 25.3 Å². The first kappa shape index (κ1) is 17.9. The Morgan fingerprint density at radius 3 is 2.48 bits per heavy atom. The Morgan fingerprint density at radius 1 is 1.08 bits per heavy atom. The van der Waals surface area contributed by atoms with Crippen LogP contribution in [0.5, 0.6) is 0 Å². The fourth-order valence-corrected chi connectivity index (χ4v) is 3.33. The fourth-order valence-electron chi connectivity index (χ4n) is 3.33. The normalized spacial score (nSPS) is 21.9. The zero-order valence-electron chi connectivity index (χ0n) is 14.7. The molecule has 0 aromatic heterocycles. The van der Waals surface area contributed by atoms with Crippen LogP contribution in [-0.4, -0.2) is 36.9 Å². The summed E-state index contributed by atoms with van der Waals surface area (Å²) >= 11 is 0. The van der Waals surface area contributed by atoms with Crippen LogP contribution in [0.4, 0.5) is 0 Å². The van der Waals surface area contributed by atoms with Gasteiger partial charge in [-0.3, -0.25) is 9.59 Å². The van der Waals surface area contributed by atoms with Crippen molar-refractivity contribution < 1.29 is 19.1 Å². The Labute approximate surface area is 148 Å². The number of nitrogens with one attached hydrogen (secondary N) is 2. The van der Waals surface area contributed by atoms with E-state index < -0.39 is 17.6 Å². The summed E-state index contributed by atoms with van der Waals surface area (Å²) in [6.07, 6.45) is 5.08. The minimum absolute atomic E-state index is 0.188. The summed E-state index contributed by atoms with van der Waals surface area (Å²) in [5.74, 6) is -1.73. The maximum atomic E-state index is 11.9. The molecule has 1 saturated carbocycles. The van der Waals surface area contributed by atoms with E-state index in [0.29, 0.717) is 19.7 Å². The van der Waals surface area contributed by atoms with E-state index in [1.807, 2.05) is 31.2 Å². The van der Waals surface area contributed by atoms with Crippen molar-refractivity contribution in [2.24, 2.45) is 0 Å². The second-order valence-corrected chi connectivity index (χ2v) is 6.90. The first-order chi connectivity index (χ1) is 12.1. The molecule has 1 aliphatic carbocycles. The molecule has 1 heterocycles. The number of amides is 2. The van der Waals surface area contributed by atoms with Gasteiger partial charge in [-0.25, -0.2) is 0 Å². The van der Waals surface area contributed by atoms with Crippen LogP contribution < -0.4 is 10.6 Å². The summed E-state index contributed by atoms with van der Waals surface area (Å²) in [6, 6.07) is 7.81. The molecule has 1 atom stereocenters. The summed E-state index contributed by atoms with van der Waals surface area (Å²) in [4.78, 5) is 23.8. The standard InChI is InChI=1S/C19H26N2O4/c1-14-5-7-15(8-6-14)11-20-17(22)18(23)21-12-16-13-24-19(25-16)9-3-2-4-10-19/h5-8,16H,2-4,9-13H2,1H3,(H,20,22)(H,21,23). The molecule has 136 valence electrons. The Hall–Kier alpha value is -1.92. The molecule has 1 aliphatic heterocycles. The average molecular weight is 346 g/mol. The van der Waals surface area contributed by atoms with Crippen molar-refractivity contribution in [2.75, 3.05) is 13.2 Å². The van der Waals surface area contributed by atoms with Crippen molar-refractivity contribution in [1.82, 2.24) is 10.6 Å². The lowest BCUT2D eigenvalue weighted by Gasteiger charge is -2.31. The Morgan fingerprint density at radius 2 is 1.76 bits per heavy atom. The third-order valence-electron chi connectivity index (χ3n) is 4.80. The number of ether oxygens (including phenoxy) is 2. The van der Waals surface area contributed by atoms with Gasteiger partial charge >= 0.3 is 11.8 Å². The van der Waals surface area contributed by atoms with Gasteiger partial charge in [0.1, 0.15) is 6.10 Å². The first-order valence-corrected chi connectivity index (χ1v) is 9.00. The smallest absolute Gasteiger partial charge is 0.309 e. The molecule has 0 radical (unpaired) electrons. The molecule has 1 aromatic carbocycles. The highest BCUT2D eigenvalue weighted by Crippen LogP contribution is 2.37. The van der Waals surface area contributed by atoms with Crippen molar-refractivity contribution >= 4 is 11.8 Å². The van der Waals surface area contributed by atoms with E-state index in [4.69, 9.17) is 9.47 Å². The highest BCUT2D eigenvalue weighted by molar-refractivity contribution is 6.35. The molecule has 1 saturated heterocycles. The van der Waals surface area contributed by atoms with Crippen LogP contribution >= 0.6 is 0 Å². The topological polar surface area (TPSA) is 76.7 Å². The Bertz CT molecular complexity index is 608. The molecule has 25 heavy (non-hydrogen) atoms. The molecule has 1 spiro atoms. The Balaban J connectivity index is 1.38. The summed E-state index contributed by atoms with van der Waals surface area (Å²) in [5, 5.41) is 5.26. The lowest BCUT2D eigenvalue weighted by atomic mass is 9.94. The molecule has 1 aromatic rings. The van der Waals surface area contributed by atoms with Gasteiger partial charge in [0.05, 0.1) is 6.61 Å². The number of hydrogen-bond acceptors (Lipinski definition) is 4. The van der Waals surface area contributed by atoms with E-state index in [-0.39, 0.29) is 6.10 Å². The van der Waals surface area contributed by atoms with Crippen molar-refractivity contribution in [1.29, 1.82) is 0 Å².